The van der Waals surface area contributed by atoms with E-state index >= 15 is 0 Å². The van der Waals surface area contributed by atoms with Gasteiger partial charge in [-0.1, -0.05) is 62.9 Å². The normalized spacial score (nSPS) is 13.7. The van der Waals surface area contributed by atoms with Crippen molar-refractivity contribution < 1.29 is 19.1 Å². The van der Waals surface area contributed by atoms with Crippen LogP contribution < -0.4 is 10.6 Å². The molecule has 0 aliphatic carbocycles. The number of aryl methyl sites for hydroxylation is 1. The Morgan fingerprint density at radius 1 is 1.00 bits per heavy atom. The van der Waals surface area contributed by atoms with Gasteiger partial charge in [-0.25, -0.2) is 4.79 Å². The summed E-state index contributed by atoms with van der Waals surface area (Å²) in [6.45, 7) is 18.9. The van der Waals surface area contributed by atoms with Crippen LogP contribution >= 0.6 is 0 Å². The molecule has 0 radical (unpaired) electrons. The number of benzene rings is 2. The van der Waals surface area contributed by atoms with Crippen molar-refractivity contribution in [2.45, 2.75) is 92.0 Å². The average molecular weight is 536 g/mol. The maximum Gasteiger partial charge on any atom is 0.408 e. The summed E-state index contributed by atoms with van der Waals surface area (Å²) in [4.78, 5) is 42.3. The first-order valence-electron chi connectivity index (χ1n) is 13.6. The maximum absolute atomic E-state index is 14.1. The van der Waals surface area contributed by atoms with Gasteiger partial charge in [0.15, 0.2) is 0 Å². The predicted octanol–water partition coefficient (Wildman–Crippen LogP) is 6.88. The molecule has 0 fully saturated rings. The number of amides is 3. The number of para-hydroxylation sites is 1. The number of rotatable bonds is 11. The molecule has 3 amide bonds. The van der Waals surface area contributed by atoms with Gasteiger partial charge in [0.2, 0.25) is 5.91 Å². The molecule has 0 saturated heterocycles. The molecule has 2 aromatic carbocycles. The zero-order valence-corrected chi connectivity index (χ0v) is 24.7. The van der Waals surface area contributed by atoms with Gasteiger partial charge in [-0.2, -0.15) is 0 Å². The van der Waals surface area contributed by atoms with E-state index in [0.29, 0.717) is 23.6 Å². The van der Waals surface area contributed by atoms with Crippen LogP contribution in [0.25, 0.3) is 6.08 Å². The van der Waals surface area contributed by atoms with Crippen LogP contribution in [0.5, 0.6) is 0 Å². The molecular weight excluding hydrogens is 490 g/mol. The SMILES string of the molecule is C=Cc1cccc(C(C(=O)Nc2ccccc2C)N(C(=O)C(C)NC(=O)OC(C)(C)C)C(C)CCC(C)C)c1. The molecule has 7 heteroatoms. The summed E-state index contributed by atoms with van der Waals surface area (Å²) in [6, 6.07) is 12.8. The van der Waals surface area contributed by atoms with Gasteiger partial charge in [-0.15, -0.1) is 0 Å². The van der Waals surface area contributed by atoms with Crippen molar-refractivity contribution in [1.82, 2.24) is 10.2 Å². The fraction of sp³-hybridized carbons (Fsp3) is 0.469. The van der Waals surface area contributed by atoms with Crippen molar-refractivity contribution in [3.05, 3.63) is 71.8 Å². The summed E-state index contributed by atoms with van der Waals surface area (Å²) >= 11 is 0. The van der Waals surface area contributed by atoms with Crippen LogP contribution in [0.15, 0.2) is 55.1 Å². The first kappa shape index (κ1) is 31.6. The Labute approximate surface area is 234 Å². The quantitative estimate of drug-likeness (QED) is 0.328. The number of carbonyl (C=O) groups is 3. The zero-order valence-electron chi connectivity index (χ0n) is 24.7. The van der Waals surface area contributed by atoms with Gasteiger partial charge in [-0.3, -0.25) is 9.59 Å². The molecule has 3 unspecified atom stereocenters. The molecule has 0 aliphatic heterocycles. The van der Waals surface area contributed by atoms with E-state index in [2.05, 4.69) is 31.1 Å². The van der Waals surface area contributed by atoms with Gasteiger partial charge < -0.3 is 20.3 Å². The van der Waals surface area contributed by atoms with Crippen LogP contribution in [-0.2, 0) is 14.3 Å². The molecular formula is C32H45N3O4. The summed E-state index contributed by atoms with van der Waals surface area (Å²) in [7, 11) is 0. The Hall–Kier alpha value is -3.61. The Kier molecular flexibility index (Phi) is 11.3. The van der Waals surface area contributed by atoms with E-state index in [1.165, 1.54) is 0 Å². The molecule has 2 N–H and O–H groups in total. The summed E-state index contributed by atoms with van der Waals surface area (Å²) < 4.78 is 5.38. The van der Waals surface area contributed by atoms with Crippen LogP contribution in [0.1, 0.15) is 84.0 Å². The van der Waals surface area contributed by atoms with Crippen molar-refractivity contribution >= 4 is 29.7 Å². The van der Waals surface area contributed by atoms with Crippen LogP contribution in [0.2, 0.25) is 0 Å². The molecule has 212 valence electrons. The fourth-order valence-corrected chi connectivity index (χ4v) is 4.29. The minimum absolute atomic E-state index is 0.289. The monoisotopic (exact) mass is 535 g/mol. The maximum atomic E-state index is 14.1. The average Bonchev–Trinajstić information content (AvgIpc) is 2.85. The topological polar surface area (TPSA) is 87.7 Å². The van der Waals surface area contributed by atoms with Gasteiger partial charge in [0.1, 0.15) is 17.7 Å². The van der Waals surface area contributed by atoms with Crippen LogP contribution in [0.4, 0.5) is 10.5 Å². The highest BCUT2D eigenvalue weighted by atomic mass is 16.6. The molecule has 7 nitrogen and oxygen atoms in total. The molecule has 0 spiro atoms. The third-order valence-corrected chi connectivity index (χ3v) is 6.39. The molecule has 0 bridgehead atoms. The molecule has 0 aromatic heterocycles. The van der Waals surface area contributed by atoms with Crippen LogP contribution in [0, 0.1) is 12.8 Å². The molecule has 0 saturated carbocycles. The Morgan fingerprint density at radius 2 is 1.67 bits per heavy atom. The Bertz CT molecular complexity index is 1150. The second-order valence-corrected chi connectivity index (χ2v) is 11.5. The number of nitrogens with one attached hydrogen (secondary N) is 2. The lowest BCUT2D eigenvalue weighted by Gasteiger charge is -2.38. The van der Waals surface area contributed by atoms with Crippen molar-refractivity contribution in [1.29, 1.82) is 0 Å². The van der Waals surface area contributed by atoms with E-state index in [-0.39, 0.29) is 17.9 Å². The van der Waals surface area contributed by atoms with E-state index in [1.807, 2.05) is 62.4 Å². The number of nitrogens with zero attached hydrogens (tertiary/aromatic N) is 1. The van der Waals surface area contributed by atoms with E-state index in [4.69, 9.17) is 4.74 Å². The van der Waals surface area contributed by atoms with E-state index in [1.54, 1.807) is 38.7 Å². The lowest BCUT2D eigenvalue weighted by Crippen LogP contribution is -2.54. The van der Waals surface area contributed by atoms with Crippen molar-refractivity contribution in [2.75, 3.05) is 5.32 Å². The zero-order chi connectivity index (χ0) is 29.3. The van der Waals surface area contributed by atoms with Gasteiger partial charge in [-0.05, 0) is 89.1 Å². The third kappa shape index (κ3) is 9.57. The second kappa shape index (κ2) is 14.0. The molecule has 3 atom stereocenters. The second-order valence-electron chi connectivity index (χ2n) is 11.5. The summed E-state index contributed by atoms with van der Waals surface area (Å²) in [5, 5.41) is 5.70. The first-order valence-corrected chi connectivity index (χ1v) is 13.6. The van der Waals surface area contributed by atoms with Gasteiger partial charge in [0, 0.05) is 11.7 Å². The molecule has 0 heterocycles. The van der Waals surface area contributed by atoms with Crippen molar-refractivity contribution in [3.8, 4) is 0 Å². The van der Waals surface area contributed by atoms with E-state index in [0.717, 1.165) is 17.5 Å². The minimum Gasteiger partial charge on any atom is -0.444 e. The van der Waals surface area contributed by atoms with Crippen LogP contribution in [0.3, 0.4) is 0 Å². The predicted molar refractivity (Wildman–Crippen MR) is 158 cm³/mol. The number of carbonyl (C=O) groups excluding carboxylic acids is 3. The number of hydrogen-bond acceptors (Lipinski definition) is 4. The summed E-state index contributed by atoms with van der Waals surface area (Å²) in [5.41, 5.74) is 2.37. The van der Waals surface area contributed by atoms with Gasteiger partial charge >= 0.3 is 6.09 Å². The lowest BCUT2D eigenvalue weighted by atomic mass is 9.96. The van der Waals surface area contributed by atoms with Crippen molar-refractivity contribution in [3.63, 3.8) is 0 Å². The molecule has 2 rings (SSSR count). The van der Waals surface area contributed by atoms with Gasteiger partial charge in [0.05, 0.1) is 0 Å². The third-order valence-electron chi connectivity index (χ3n) is 6.39. The highest BCUT2D eigenvalue weighted by molar-refractivity contribution is 5.99. The van der Waals surface area contributed by atoms with Gasteiger partial charge in [0.25, 0.3) is 5.91 Å². The molecule has 0 aliphatic rings. The number of ether oxygens (including phenoxy) is 1. The highest BCUT2D eigenvalue weighted by Gasteiger charge is 2.37. The van der Waals surface area contributed by atoms with Crippen LogP contribution in [-0.4, -0.2) is 40.5 Å². The number of anilines is 1. The fourth-order valence-electron chi connectivity index (χ4n) is 4.29. The number of alkyl carbamates (subject to hydrolysis) is 1. The molecule has 39 heavy (non-hydrogen) atoms. The summed E-state index contributed by atoms with van der Waals surface area (Å²) in [5.74, 6) is -0.282. The lowest BCUT2D eigenvalue weighted by molar-refractivity contribution is -0.143. The largest absolute Gasteiger partial charge is 0.444 e. The standard InChI is InChI=1S/C32H45N3O4/c1-10-25-15-13-16-26(20-25)28(29(36)34-27-17-12-11-14-22(27)4)35(23(5)19-18-21(2)3)30(37)24(6)33-31(38)39-32(7,8)9/h10-17,20-21,23-24,28H,1,18-19H2,2-9H3,(H,33,38)(H,34,36). The Balaban J connectivity index is 2.57. The first-order chi connectivity index (χ1) is 18.2. The number of hydrogen-bond donors (Lipinski definition) is 2. The summed E-state index contributed by atoms with van der Waals surface area (Å²) in [6.07, 6.45) is 2.59. The van der Waals surface area contributed by atoms with E-state index < -0.39 is 23.8 Å². The highest BCUT2D eigenvalue weighted by Crippen LogP contribution is 2.30. The minimum atomic E-state index is -0.943. The molecule has 2 aromatic rings. The van der Waals surface area contributed by atoms with Crippen molar-refractivity contribution in [2.24, 2.45) is 5.92 Å². The Morgan fingerprint density at radius 3 is 2.26 bits per heavy atom. The van der Waals surface area contributed by atoms with E-state index in [9.17, 15) is 14.4 Å². The smallest absolute Gasteiger partial charge is 0.408 e.